The molecule has 13 heteroatoms. The van der Waals surface area contributed by atoms with Crippen LogP contribution in [0.3, 0.4) is 0 Å². The monoisotopic (exact) mass is 638 g/mol. The van der Waals surface area contributed by atoms with Gasteiger partial charge in [0.25, 0.3) is 0 Å². The van der Waals surface area contributed by atoms with Crippen LogP contribution in [0.2, 0.25) is 0 Å². The van der Waals surface area contributed by atoms with Gasteiger partial charge in [0.2, 0.25) is 0 Å². The highest BCUT2D eigenvalue weighted by Gasteiger charge is 2.30. The van der Waals surface area contributed by atoms with Gasteiger partial charge >= 0.3 is 12.1 Å². The van der Waals surface area contributed by atoms with Crippen molar-refractivity contribution >= 4 is 34.8 Å². The van der Waals surface area contributed by atoms with E-state index in [1.165, 1.54) is 34.9 Å². The number of anilines is 1. The topological polar surface area (TPSA) is 103 Å². The number of ether oxygens (including phenoxy) is 2. The number of aromatic nitrogens is 3. The summed E-state index contributed by atoms with van der Waals surface area (Å²) in [5, 5.41) is 8.28. The number of rotatable bonds is 10. The van der Waals surface area contributed by atoms with Gasteiger partial charge in [-0.05, 0) is 78.7 Å². The van der Waals surface area contributed by atoms with Crippen molar-refractivity contribution in [3.63, 3.8) is 0 Å². The highest BCUT2D eigenvalue weighted by Crippen LogP contribution is 2.30. The Morgan fingerprint density at radius 1 is 1.07 bits per heavy atom. The van der Waals surface area contributed by atoms with Crippen LogP contribution in [0.1, 0.15) is 36.1 Å². The van der Waals surface area contributed by atoms with Crippen molar-refractivity contribution in [2.45, 2.75) is 33.9 Å². The van der Waals surface area contributed by atoms with E-state index in [0.717, 1.165) is 45.8 Å². The predicted octanol–water partition coefficient (Wildman–Crippen LogP) is 7.31. The molecule has 0 aliphatic carbocycles. The van der Waals surface area contributed by atoms with E-state index >= 15 is 0 Å². The first-order valence-corrected chi connectivity index (χ1v) is 14.9. The molecule has 0 fully saturated rings. The van der Waals surface area contributed by atoms with E-state index in [1.54, 1.807) is 27.2 Å². The number of thioether (sulfide) groups is 1. The zero-order valence-electron chi connectivity index (χ0n) is 25.4. The third kappa shape index (κ3) is 9.17. The van der Waals surface area contributed by atoms with Crippen molar-refractivity contribution < 1.29 is 27.4 Å². The Hall–Kier alpha value is -4.65. The lowest BCUT2D eigenvalue weighted by Gasteiger charge is -2.16. The Morgan fingerprint density at radius 2 is 1.73 bits per heavy atom. The van der Waals surface area contributed by atoms with Crippen molar-refractivity contribution in [1.82, 2.24) is 14.8 Å². The first kappa shape index (κ1) is 33.2. The molecule has 0 amide bonds. The Morgan fingerprint density at radius 3 is 2.33 bits per heavy atom. The van der Waals surface area contributed by atoms with E-state index in [1.807, 2.05) is 50.2 Å². The van der Waals surface area contributed by atoms with Gasteiger partial charge in [0.1, 0.15) is 24.7 Å². The van der Waals surface area contributed by atoms with Gasteiger partial charge in [0.05, 0.1) is 24.3 Å². The molecular formula is C32H33F3N6O3S. The lowest BCUT2D eigenvalue weighted by molar-refractivity contribution is -0.145. The van der Waals surface area contributed by atoms with Crippen LogP contribution in [-0.4, -0.2) is 51.8 Å². The third-order valence-electron chi connectivity index (χ3n) is 6.50. The molecule has 9 nitrogen and oxygen atoms in total. The summed E-state index contributed by atoms with van der Waals surface area (Å²) in [6.07, 6.45) is -1.26. The van der Waals surface area contributed by atoms with Crippen molar-refractivity contribution in [1.29, 1.82) is 0 Å². The Bertz CT molecular complexity index is 1640. The molecule has 0 unspecified atom stereocenters. The van der Waals surface area contributed by atoms with Crippen LogP contribution in [0, 0.1) is 19.8 Å². The molecule has 0 radical (unpaired) electrons. The smallest absolute Gasteiger partial charge is 0.416 e. The van der Waals surface area contributed by atoms with E-state index in [4.69, 9.17) is 9.47 Å². The van der Waals surface area contributed by atoms with Crippen molar-refractivity contribution in [3.8, 4) is 22.8 Å². The summed E-state index contributed by atoms with van der Waals surface area (Å²) in [4.78, 5) is 25.2. The Balaban J connectivity index is 1.41. The van der Waals surface area contributed by atoms with Gasteiger partial charge in [-0.15, -0.1) is 5.10 Å². The Labute approximate surface area is 263 Å². The summed E-state index contributed by atoms with van der Waals surface area (Å²) in [5.41, 5.74) is 4.13. The number of alkyl halides is 3. The van der Waals surface area contributed by atoms with E-state index in [2.05, 4.69) is 25.4 Å². The zero-order valence-corrected chi connectivity index (χ0v) is 26.2. The first-order chi connectivity index (χ1) is 21.4. The standard InChI is InChI=1S/C32H33F3N6O3S/c1-20(2)30(42)44-19-45-31(39-28-21(3)14-27(43-5)15-22(28)4)37-17-36-16-23-6-8-24(9-7-23)29-38-18-41(40-29)26-12-10-25(11-13-26)32(33,34)35/h6-16,18,20H,17,19H2,1-5H3,(H,37,39). The molecule has 0 spiro atoms. The fourth-order valence-corrected chi connectivity index (χ4v) is 4.68. The summed E-state index contributed by atoms with van der Waals surface area (Å²) < 4.78 is 50.7. The minimum Gasteiger partial charge on any atom is -0.497 e. The lowest BCUT2D eigenvalue weighted by atomic mass is 10.1. The number of halogens is 3. The van der Waals surface area contributed by atoms with Crippen LogP contribution in [0.25, 0.3) is 17.1 Å². The van der Waals surface area contributed by atoms with Crippen LogP contribution >= 0.6 is 11.8 Å². The van der Waals surface area contributed by atoms with Gasteiger partial charge in [-0.25, -0.2) is 14.7 Å². The number of aryl methyl sites for hydroxylation is 2. The zero-order chi connectivity index (χ0) is 32.6. The Kier molecular flexibility index (Phi) is 11.0. The summed E-state index contributed by atoms with van der Waals surface area (Å²) in [6, 6.07) is 15.9. The third-order valence-corrected chi connectivity index (χ3v) is 7.24. The molecule has 0 aliphatic rings. The second kappa shape index (κ2) is 14.9. The number of carbonyl (C=O) groups excluding carboxylic acids is 1. The lowest BCUT2D eigenvalue weighted by Crippen LogP contribution is -2.15. The second-order valence-electron chi connectivity index (χ2n) is 10.2. The molecular weight excluding hydrogens is 605 g/mol. The SMILES string of the molecule is COc1cc(C)c(NC(=NCN=Cc2ccc(-c3ncn(-c4ccc(C(F)(F)F)cc4)n3)cc2)SCOC(=O)C(C)C)c(C)c1. The molecule has 0 aliphatic heterocycles. The summed E-state index contributed by atoms with van der Waals surface area (Å²) in [7, 11) is 1.62. The molecule has 3 aromatic carbocycles. The molecule has 1 aromatic heterocycles. The number of esters is 1. The van der Waals surface area contributed by atoms with Gasteiger partial charge in [-0.2, -0.15) is 13.2 Å². The maximum Gasteiger partial charge on any atom is 0.416 e. The molecule has 1 heterocycles. The highest BCUT2D eigenvalue weighted by molar-refractivity contribution is 8.14. The van der Waals surface area contributed by atoms with E-state index < -0.39 is 11.7 Å². The molecule has 0 atom stereocenters. The van der Waals surface area contributed by atoms with Gasteiger partial charge < -0.3 is 14.8 Å². The van der Waals surface area contributed by atoms with Crippen LogP contribution in [0.15, 0.2) is 77.0 Å². The number of nitrogens with one attached hydrogen (secondary N) is 1. The van der Waals surface area contributed by atoms with E-state index in [-0.39, 0.29) is 24.5 Å². The summed E-state index contributed by atoms with van der Waals surface area (Å²) in [5.74, 6) is 0.767. The minimum absolute atomic E-state index is 0.102. The quantitative estimate of drug-likeness (QED) is 0.0841. The van der Waals surface area contributed by atoms with Gasteiger partial charge in [0.15, 0.2) is 11.0 Å². The number of hydrogen-bond donors (Lipinski definition) is 1. The van der Waals surface area contributed by atoms with E-state index in [0.29, 0.717) is 16.7 Å². The summed E-state index contributed by atoms with van der Waals surface area (Å²) in [6.45, 7) is 7.61. The average Bonchev–Trinajstić information content (AvgIpc) is 3.51. The first-order valence-electron chi connectivity index (χ1n) is 13.9. The molecule has 0 saturated carbocycles. The number of aliphatic imine (C=N–C) groups is 2. The predicted molar refractivity (Wildman–Crippen MR) is 171 cm³/mol. The van der Waals surface area contributed by atoms with Gasteiger partial charge in [0, 0.05) is 17.5 Å². The van der Waals surface area contributed by atoms with Crippen LogP contribution in [-0.2, 0) is 15.7 Å². The minimum atomic E-state index is -4.40. The number of carbonyl (C=O) groups is 1. The van der Waals surface area contributed by atoms with Crippen LogP contribution in [0.5, 0.6) is 5.75 Å². The number of hydrogen-bond acceptors (Lipinski definition) is 8. The van der Waals surface area contributed by atoms with Crippen LogP contribution in [0.4, 0.5) is 18.9 Å². The largest absolute Gasteiger partial charge is 0.497 e. The number of methoxy groups -OCH3 is 1. The van der Waals surface area contributed by atoms with Crippen molar-refractivity contribution in [2.75, 3.05) is 25.0 Å². The fourth-order valence-electron chi connectivity index (χ4n) is 4.07. The maximum atomic E-state index is 12.9. The number of amidine groups is 1. The van der Waals surface area contributed by atoms with E-state index in [9.17, 15) is 18.0 Å². The molecule has 1 N–H and O–H groups in total. The van der Waals surface area contributed by atoms with Gasteiger partial charge in [-0.1, -0.05) is 38.1 Å². The molecule has 0 bridgehead atoms. The molecule has 4 aromatic rings. The van der Waals surface area contributed by atoms with Crippen molar-refractivity contribution in [2.24, 2.45) is 15.9 Å². The van der Waals surface area contributed by atoms with Crippen molar-refractivity contribution in [3.05, 3.63) is 89.2 Å². The average molecular weight is 639 g/mol. The molecule has 236 valence electrons. The van der Waals surface area contributed by atoms with Crippen LogP contribution < -0.4 is 10.1 Å². The number of nitrogens with zero attached hydrogens (tertiary/aromatic N) is 5. The highest BCUT2D eigenvalue weighted by atomic mass is 32.2. The maximum absolute atomic E-state index is 12.9. The van der Waals surface area contributed by atoms with Gasteiger partial charge in [-0.3, -0.25) is 9.79 Å². The molecule has 0 saturated heterocycles. The second-order valence-corrected chi connectivity index (χ2v) is 11.1. The molecule has 45 heavy (non-hydrogen) atoms. The fraction of sp³-hybridized carbons (Fsp3) is 0.281. The normalized spacial score (nSPS) is 12.2. The number of benzene rings is 3. The summed E-state index contributed by atoms with van der Waals surface area (Å²) >= 11 is 1.26. The molecule has 4 rings (SSSR count).